The van der Waals surface area contributed by atoms with Crippen LogP contribution >= 0.6 is 11.8 Å². The first-order valence-corrected chi connectivity index (χ1v) is 9.47. The van der Waals surface area contributed by atoms with Crippen molar-refractivity contribution < 1.29 is 14.3 Å². The van der Waals surface area contributed by atoms with Gasteiger partial charge in [0.2, 0.25) is 5.91 Å². The van der Waals surface area contributed by atoms with Crippen LogP contribution in [0.3, 0.4) is 0 Å². The number of amides is 1. The van der Waals surface area contributed by atoms with Gasteiger partial charge >= 0.3 is 0 Å². The van der Waals surface area contributed by atoms with Gasteiger partial charge in [0.25, 0.3) is 0 Å². The molecule has 0 aliphatic carbocycles. The number of methoxy groups -OCH3 is 2. The first-order chi connectivity index (χ1) is 12.6. The lowest BCUT2D eigenvalue weighted by atomic mass is 10.2. The molecule has 0 aromatic heterocycles. The maximum atomic E-state index is 12.5. The summed E-state index contributed by atoms with van der Waals surface area (Å²) in [5, 5.41) is 3.45. The number of nitrogens with one attached hydrogen (secondary N) is 1. The molecule has 5 nitrogen and oxygen atoms in total. The van der Waals surface area contributed by atoms with E-state index >= 15 is 0 Å². The quantitative estimate of drug-likeness (QED) is 0.843. The van der Waals surface area contributed by atoms with Crippen molar-refractivity contribution in [3.05, 3.63) is 48.0 Å². The Morgan fingerprint density at radius 3 is 2.81 bits per heavy atom. The number of nitrogens with zero attached hydrogens (tertiary/aromatic N) is 1. The lowest BCUT2D eigenvalue weighted by Gasteiger charge is -2.33. The van der Waals surface area contributed by atoms with E-state index < -0.39 is 0 Å². The van der Waals surface area contributed by atoms with Crippen molar-refractivity contribution in [3.63, 3.8) is 0 Å². The molecule has 1 heterocycles. The van der Waals surface area contributed by atoms with Gasteiger partial charge in [0.05, 0.1) is 26.5 Å². The Bertz CT molecular complexity index is 781. The van der Waals surface area contributed by atoms with Gasteiger partial charge in [0.15, 0.2) is 0 Å². The molecule has 1 aliphatic heterocycles. The number of benzene rings is 2. The molecular weight excluding hydrogens is 348 g/mol. The van der Waals surface area contributed by atoms with E-state index in [1.54, 1.807) is 14.2 Å². The molecular formula is C20H24N2O3S. The topological polar surface area (TPSA) is 50.8 Å². The SMILES string of the molecule is COc1ccc(OC)c(CNC(=O)CN2C[C@@H](C)Sc3ccccc32)c1. The predicted octanol–water partition coefficient (Wildman–Crippen LogP) is 3.32. The number of anilines is 1. The number of ether oxygens (including phenoxy) is 2. The Labute approximate surface area is 158 Å². The third-order valence-electron chi connectivity index (χ3n) is 4.31. The molecule has 0 spiro atoms. The average Bonchev–Trinajstić information content (AvgIpc) is 2.66. The van der Waals surface area contributed by atoms with E-state index in [0.717, 1.165) is 29.3 Å². The van der Waals surface area contributed by atoms with Gasteiger partial charge in [0.1, 0.15) is 11.5 Å². The van der Waals surface area contributed by atoms with Crippen molar-refractivity contribution in [2.75, 3.05) is 32.2 Å². The van der Waals surface area contributed by atoms with Crippen LogP contribution in [0.25, 0.3) is 0 Å². The predicted molar refractivity (Wildman–Crippen MR) is 105 cm³/mol. The molecule has 1 amide bonds. The minimum absolute atomic E-state index is 0.0104. The number of fused-ring (bicyclic) bond motifs is 1. The Morgan fingerprint density at radius 2 is 2.04 bits per heavy atom. The van der Waals surface area contributed by atoms with Crippen molar-refractivity contribution in [3.8, 4) is 11.5 Å². The summed E-state index contributed by atoms with van der Waals surface area (Å²) in [6.07, 6.45) is 0. The van der Waals surface area contributed by atoms with Crippen LogP contribution in [0.15, 0.2) is 47.4 Å². The highest BCUT2D eigenvalue weighted by Gasteiger charge is 2.23. The van der Waals surface area contributed by atoms with Crippen LogP contribution in [0.4, 0.5) is 5.69 Å². The zero-order valence-corrected chi connectivity index (χ0v) is 16.1. The lowest BCUT2D eigenvalue weighted by molar-refractivity contribution is -0.119. The van der Waals surface area contributed by atoms with Crippen LogP contribution in [-0.2, 0) is 11.3 Å². The molecule has 2 aromatic rings. The Morgan fingerprint density at radius 1 is 1.23 bits per heavy atom. The molecule has 138 valence electrons. The molecule has 0 saturated carbocycles. The molecule has 3 rings (SSSR count). The first kappa shape index (κ1) is 18.5. The van der Waals surface area contributed by atoms with Crippen LogP contribution in [0.2, 0.25) is 0 Å². The summed E-state index contributed by atoms with van der Waals surface area (Å²) in [5.41, 5.74) is 2.02. The van der Waals surface area contributed by atoms with E-state index in [9.17, 15) is 4.79 Å². The third-order valence-corrected chi connectivity index (χ3v) is 5.46. The molecule has 0 bridgehead atoms. The smallest absolute Gasteiger partial charge is 0.239 e. The summed E-state index contributed by atoms with van der Waals surface area (Å²) in [7, 11) is 3.24. The van der Waals surface area contributed by atoms with Gasteiger partial charge in [-0.3, -0.25) is 4.79 Å². The average molecular weight is 372 g/mol. The van der Waals surface area contributed by atoms with Gasteiger partial charge in [-0.25, -0.2) is 0 Å². The summed E-state index contributed by atoms with van der Waals surface area (Å²) in [4.78, 5) is 15.9. The first-order valence-electron chi connectivity index (χ1n) is 8.59. The molecule has 6 heteroatoms. The van der Waals surface area contributed by atoms with E-state index in [-0.39, 0.29) is 5.91 Å². The van der Waals surface area contributed by atoms with E-state index in [1.165, 1.54) is 4.90 Å². The van der Waals surface area contributed by atoms with Gasteiger partial charge in [-0.15, -0.1) is 11.8 Å². The lowest BCUT2D eigenvalue weighted by Crippen LogP contribution is -2.41. The molecule has 0 saturated heterocycles. The normalized spacial score (nSPS) is 16.0. The van der Waals surface area contributed by atoms with Crippen LogP contribution in [0.1, 0.15) is 12.5 Å². The monoisotopic (exact) mass is 372 g/mol. The minimum atomic E-state index is -0.0104. The highest BCUT2D eigenvalue weighted by atomic mass is 32.2. The second-order valence-corrected chi connectivity index (χ2v) is 7.71. The van der Waals surface area contributed by atoms with Crippen molar-refractivity contribution in [1.29, 1.82) is 0 Å². The van der Waals surface area contributed by atoms with E-state index in [1.807, 2.05) is 42.1 Å². The number of carbonyl (C=O) groups excluding carboxylic acids is 1. The summed E-state index contributed by atoms with van der Waals surface area (Å²) in [6.45, 7) is 3.79. The number of thioether (sulfide) groups is 1. The Hall–Kier alpha value is -2.34. The van der Waals surface area contributed by atoms with Gasteiger partial charge in [0, 0.05) is 28.8 Å². The van der Waals surface area contributed by atoms with Crippen LogP contribution in [0.5, 0.6) is 11.5 Å². The summed E-state index contributed by atoms with van der Waals surface area (Å²) in [6, 6.07) is 13.8. The second-order valence-electron chi connectivity index (χ2n) is 6.23. The third kappa shape index (κ3) is 4.25. The number of carbonyl (C=O) groups is 1. The van der Waals surface area contributed by atoms with Gasteiger partial charge in [-0.2, -0.15) is 0 Å². The number of hydrogen-bond donors (Lipinski definition) is 1. The Balaban J connectivity index is 1.65. The molecule has 0 radical (unpaired) electrons. The Kier molecular flexibility index (Phi) is 5.93. The van der Waals surface area contributed by atoms with Crippen LogP contribution in [0, 0.1) is 0 Å². The van der Waals surface area contributed by atoms with Gasteiger partial charge < -0.3 is 19.7 Å². The largest absolute Gasteiger partial charge is 0.497 e. The molecule has 26 heavy (non-hydrogen) atoms. The second kappa shape index (κ2) is 8.36. The highest BCUT2D eigenvalue weighted by molar-refractivity contribution is 8.00. The highest BCUT2D eigenvalue weighted by Crippen LogP contribution is 2.37. The standard InChI is InChI=1S/C20H24N2O3S/c1-14-12-22(17-6-4-5-7-19(17)26-14)13-20(23)21-11-15-10-16(24-2)8-9-18(15)25-3/h4-10,14H,11-13H2,1-3H3,(H,21,23)/t14-/m1/s1. The number of hydrogen-bond acceptors (Lipinski definition) is 5. The molecule has 0 fully saturated rings. The summed E-state index contributed by atoms with van der Waals surface area (Å²) >= 11 is 1.86. The maximum absolute atomic E-state index is 12.5. The zero-order valence-electron chi connectivity index (χ0n) is 15.3. The fourth-order valence-electron chi connectivity index (χ4n) is 3.07. The molecule has 1 atom stereocenters. The van der Waals surface area contributed by atoms with Gasteiger partial charge in [-0.05, 0) is 30.3 Å². The van der Waals surface area contributed by atoms with Crippen LogP contribution in [-0.4, -0.2) is 38.5 Å². The van der Waals surface area contributed by atoms with Crippen molar-refractivity contribution in [2.45, 2.75) is 23.6 Å². The molecule has 1 N–H and O–H groups in total. The van der Waals surface area contributed by atoms with Gasteiger partial charge in [-0.1, -0.05) is 19.1 Å². The van der Waals surface area contributed by atoms with Crippen molar-refractivity contribution in [1.82, 2.24) is 5.32 Å². The van der Waals surface area contributed by atoms with Crippen LogP contribution < -0.4 is 19.7 Å². The molecule has 0 unspecified atom stereocenters. The number of rotatable bonds is 6. The zero-order chi connectivity index (χ0) is 18.5. The molecule has 2 aromatic carbocycles. The van der Waals surface area contributed by atoms with E-state index in [0.29, 0.717) is 18.3 Å². The maximum Gasteiger partial charge on any atom is 0.239 e. The van der Waals surface area contributed by atoms with Crippen molar-refractivity contribution >= 4 is 23.4 Å². The number of para-hydroxylation sites is 1. The molecule has 1 aliphatic rings. The van der Waals surface area contributed by atoms with E-state index in [4.69, 9.17) is 9.47 Å². The summed E-state index contributed by atoms with van der Waals surface area (Å²) in [5.74, 6) is 1.47. The van der Waals surface area contributed by atoms with Crippen molar-refractivity contribution in [2.24, 2.45) is 0 Å². The van der Waals surface area contributed by atoms with E-state index in [2.05, 4.69) is 29.3 Å². The minimum Gasteiger partial charge on any atom is -0.497 e. The summed E-state index contributed by atoms with van der Waals surface area (Å²) < 4.78 is 10.6. The fourth-order valence-corrected chi connectivity index (χ4v) is 4.24. The fraction of sp³-hybridized carbons (Fsp3) is 0.350.